The van der Waals surface area contributed by atoms with Gasteiger partial charge in [0.2, 0.25) is 5.91 Å². The van der Waals surface area contributed by atoms with Gasteiger partial charge in [-0.15, -0.1) is 22.7 Å². The van der Waals surface area contributed by atoms with E-state index in [1.165, 1.54) is 21.8 Å². The second kappa shape index (κ2) is 10.3. The van der Waals surface area contributed by atoms with Crippen LogP contribution in [-0.2, 0) is 11.2 Å². The minimum absolute atomic E-state index is 0.0299. The van der Waals surface area contributed by atoms with Gasteiger partial charge in [0.25, 0.3) is 5.91 Å². The van der Waals surface area contributed by atoms with E-state index in [4.69, 9.17) is 4.74 Å². The summed E-state index contributed by atoms with van der Waals surface area (Å²) in [4.78, 5) is 31.9. The predicted octanol–water partition coefficient (Wildman–Crippen LogP) is 5.18. The zero-order valence-electron chi connectivity index (χ0n) is 18.5. The van der Waals surface area contributed by atoms with Crippen LogP contribution in [0.25, 0.3) is 0 Å². The maximum atomic E-state index is 13.4. The van der Waals surface area contributed by atoms with Crippen molar-refractivity contribution in [3.63, 3.8) is 0 Å². The molecule has 1 unspecified atom stereocenters. The van der Waals surface area contributed by atoms with E-state index in [0.29, 0.717) is 24.6 Å². The zero-order valence-corrected chi connectivity index (χ0v) is 20.1. The fourth-order valence-electron chi connectivity index (χ4n) is 4.02. The third-order valence-electron chi connectivity index (χ3n) is 5.68. The van der Waals surface area contributed by atoms with Crippen molar-refractivity contribution in [3.8, 4) is 5.75 Å². The monoisotopic (exact) mass is 468 g/mol. The van der Waals surface area contributed by atoms with Crippen molar-refractivity contribution in [2.24, 2.45) is 0 Å². The first-order valence-electron chi connectivity index (χ1n) is 10.9. The number of fused-ring (bicyclic) bond motifs is 1. The lowest BCUT2D eigenvalue weighted by atomic mass is 10.0. The van der Waals surface area contributed by atoms with Gasteiger partial charge in [0.1, 0.15) is 18.9 Å². The number of amides is 2. The van der Waals surface area contributed by atoms with Gasteiger partial charge < -0.3 is 14.5 Å². The number of thiophene rings is 2. The number of carbonyl (C=O) groups is 2. The van der Waals surface area contributed by atoms with E-state index in [-0.39, 0.29) is 24.4 Å². The standard InChI is InChI=1S/C25H28N2O3S2/c1-3-12-26(25(29)23-5-4-14-31-23)16-24(28)27-13-10-22-20(11-15-32-22)21(27)17-30-19-8-6-18(2)7-9-19/h4-9,11,14-15,21H,3,10,12-13,16-17H2,1-2H3. The quantitative estimate of drug-likeness (QED) is 0.458. The molecule has 0 bridgehead atoms. The number of benzene rings is 1. The normalized spacial score (nSPS) is 15.3. The molecule has 0 saturated heterocycles. The van der Waals surface area contributed by atoms with Gasteiger partial charge in [-0.05, 0) is 60.4 Å². The Hall–Kier alpha value is -2.64. The van der Waals surface area contributed by atoms with E-state index in [0.717, 1.165) is 24.2 Å². The van der Waals surface area contributed by atoms with Crippen molar-refractivity contribution in [2.75, 3.05) is 26.2 Å². The smallest absolute Gasteiger partial charge is 0.264 e. The van der Waals surface area contributed by atoms with Crippen LogP contribution < -0.4 is 4.74 Å². The number of hydrogen-bond donors (Lipinski definition) is 0. The Kier molecular flexibility index (Phi) is 7.27. The molecule has 0 spiro atoms. The average molecular weight is 469 g/mol. The molecule has 168 valence electrons. The fourth-order valence-corrected chi connectivity index (χ4v) is 5.64. The molecule has 2 aromatic heterocycles. The highest BCUT2D eigenvalue weighted by atomic mass is 32.1. The van der Waals surface area contributed by atoms with Crippen LogP contribution in [0.15, 0.2) is 53.2 Å². The Morgan fingerprint density at radius 1 is 1.12 bits per heavy atom. The maximum absolute atomic E-state index is 13.4. The molecular weight excluding hydrogens is 440 g/mol. The Morgan fingerprint density at radius 3 is 2.66 bits per heavy atom. The van der Waals surface area contributed by atoms with Crippen LogP contribution in [0.5, 0.6) is 5.75 Å². The largest absolute Gasteiger partial charge is 0.491 e. The van der Waals surface area contributed by atoms with Crippen LogP contribution in [0.1, 0.15) is 45.1 Å². The lowest BCUT2D eigenvalue weighted by molar-refractivity contribution is -0.135. The first kappa shape index (κ1) is 22.6. The number of ether oxygens (including phenoxy) is 1. The van der Waals surface area contributed by atoms with Gasteiger partial charge in [-0.2, -0.15) is 0 Å². The molecule has 0 saturated carbocycles. The average Bonchev–Trinajstić information content (AvgIpc) is 3.50. The van der Waals surface area contributed by atoms with Crippen LogP contribution in [0, 0.1) is 6.92 Å². The molecule has 7 heteroatoms. The minimum atomic E-state index is -0.154. The summed E-state index contributed by atoms with van der Waals surface area (Å²) in [6, 6.07) is 13.6. The second-order valence-corrected chi connectivity index (χ2v) is 9.93. The molecule has 3 aromatic rings. The minimum Gasteiger partial charge on any atom is -0.491 e. The Bertz CT molecular complexity index is 1040. The van der Waals surface area contributed by atoms with Crippen molar-refractivity contribution in [1.29, 1.82) is 0 Å². The zero-order chi connectivity index (χ0) is 22.5. The molecule has 1 aliphatic heterocycles. The van der Waals surface area contributed by atoms with Gasteiger partial charge in [0, 0.05) is 18.0 Å². The van der Waals surface area contributed by atoms with Crippen molar-refractivity contribution in [2.45, 2.75) is 32.7 Å². The summed E-state index contributed by atoms with van der Waals surface area (Å²) >= 11 is 3.15. The first-order chi connectivity index (χ1) is 15.6. The first-order valence-corrected chi connectivity index (χ1v) is 12.7. The van der Waals surface area contributed by atoms with Gasteiger partial charge in [0.15, 0.2) is 0 Å². The van der Waals surface area contributed by atoms with E-state index in [9.17, 15) is 9.59 Å². The molecular formula is C25H28N2O3S2. The van der Waals surface area contributed by atoms with Crippen molar-refractivity contribution < 1.29 is 14.3 Å². The molecule has 2 amide bonds. The van der Waals surface area contributed by atoms with Crippen LogP contribution in [0.2, 0.25) is 0 Å². The highest BCUT2D eigenvalue weighted by Crippen LogP contribution is 2.34. The summed E-state index contributed by atoms with van der Waals surface area (Å²) in [6.45, 7) is 5.75. The molecule has 1 aliphatic rings. The molecule has 3 heterocycles. The van der Waals surface area contributed by atoms with Crippen LogP contribution in [0.3, 0.4) is 0 Å². The predicted molar refractivity (Wildman–Crippen MR) is 130 cm³/mol. The molecule has 0 fully saturated rings. The summed E-state index contributed by atoms with van der Waals surface area (Å²) in [7, 11) is 0. The second-order valence-electron chi connectivity index (χ2n) is 7.98. The lowest BCUT2D eigenvalue weighted by Crippen LogP contribution is -2.48. The number of nitrogens with zero attached hydrogens (tertiary/aromatic N) is 2. The van der Waals surface area contributed by atoms with E-state index < -0.39 is 0 Å². The highest BCUT2D eigenvalue weighted by Gasteiger charge is 2.33. The number of hydrogen-bond acceptors (Lipinski definition) is 5. The van der Waals surface area contributed by atoms with Crippen molar-refractivity contribution in [1.82, 2.24) is 9.80 Å². The van der Waals surface area contributed by atoms with Gasteiger partial charge in [0.05, 0.1) is 10.9 Å². The van der Waals surface area contributed by atoms with Crippen LogP contribution in [-0.4, -0.2) is 47.9 Å². The molecule has 0 radical (unpaired) electrons. The molecule has 0 N–H and O–H groups in total. The molecule has 32 heavy (non-hydrogen) atoms. The van der Waals surface area contributed by atoms with E-state index in [2.05, 4.69) is 11.4 Å². The van der Waals surface area contributed by atoms with Gasteiger partial charge in [-0.3, -0.25) is 9.59 Å². The van der Waals surface area contributed by atoms with E-state index in [1.54, 1.807) is 16.2 Å². The van der Waals surface area contributed by atoms with Gasteiger partial charge in [-0.1, -0.05) is 30.7 Å². The third kappa shape index (κ3) is 5.05. The number of aryl methyl sites for hydroxylation is 1. The Morgan fingerprint density at radius 2 is 1.94 bits per heavy atom. The van der Waals surface area contributed by atoms with Crippen molar-refractivity contribution in [3.05, 3.63) is 74.1 Å². The van der Waals surface area contributed by atoms with Crippen molar-refractivity contribution >= 4 is 34.5 Å². The molecule has 0 aliphatic carbocycles. The third-order valence-corrected chi connectivity index (χ3v) is 7.54. The number of carbonyl (C=O) groups excluding carboxylic acids is 2. The topological polar surface area (TPSA) is 49.9 Å². The molecule has 1 atom stereocenters. The van der Waals surface area contributed by atoms with E-state index >= 15 is 0 Å². The SMILES string of the molecule is CCCN(CC(=O)N1CCc2sccc2C1COc1ccc(C)cc1)C(=O)c1cccs1. The Labute approximate surface area is 197 Å². The summed E-state index contributed by atoms with van der Waals surface area (Å²) in [6.07, 6.45) is 1.64. The molecule has 1 aromatic carbocycles. The van der Waals surface area contributed by atoms with Crippen LogP contribution >= 0.6 is 22.7 Å². The summed E-state index contributed by atoms with van der Waals surface area (Å²) in [5.74, 6) is 0.694. The van der Waals surface area contributed by atoms with Gasteiger partial charge in [-0.25, -0.2) is 0 Å². The summed E-state index contributed by atoms with van der Waals surface area (Å²) < 4.78 is 6.10. The highest BCUT2D eigenvalue weighted by molar-refractivity contribution is 7.12. The molecule has 5 nitrogen and oxygen atoms in total. The van der Waals surface area contributed by atoms with Gasteiger partial charge >= 0.3 is 0 Å². The van der Waals surface area contributed by atoms with Crippen LogP contribution in [0.4, 0.5) is 0 Å². The summed E-state index contributed by atoms with van der Waals surface area (Å²) in [5.41, 5.74) is 2.34. The maximum Gasteiger partial charge on any atom is 0.264 e. The fraction of sp³-hybridized carbons (Fsp3) is 0.360. The summed E-state index contributed by atoms with van der Waals surface area (Å²) in [5, 5.41) is 3.97. The van der Waals surface area contributed by atoms with E-state index in [1.807, 2.05) is 60.5 Å². The lowest BCUT2D eigenvalue weighted by Gasteiger charge is -2.37. The molecule has 4 rings (SSSR count). The Balaban J connectivity index is 1.50. The number of rotatable bonds is 8.